The van der Waals surface area contributed by atoms with Crippen molar-refractivity contribution >= 4 is 5.69 Å². The fourth-order valence-corrected chi connectivity index (χ4v) is 2.27. The lowest BCUT2D eigenvalue weighted by Crippen LogP contribution is -2.24. The van der Waals surface area contributed by atoms with E-state index in [1.54, 1.807) is 6.07 Å². The first-order valence-corrected chi connectivity index (χ1v) is 6.17. The molecule has 1 fully saturated rings. The second-order valence-corrected chi connectivity index (χ2v) is 4.33. The summed E-state index contributed by atoms with van der Waals surface area (Å²) in [6.45, 7) is 3.06. The summed E-state index contributed by atoms with van der Waals surface area (Å²) in [5, 5.41) is 11.8. The van der Waals surface area contributed by atoms with Gasteiger partial charge in [-0.15, -0.1) is 0 Å². The number of nitrogens with one attached hydrogen (secondary N) is 1. The predicted molar refractivity (Wildman–Crippen MR) is 66.6 cm³/mol. The number of hydrogen-bond acceptors (Lipinski definition) is 3. The Kier molecular flexibility index (Phi) is 4.34. The first-order chi connectivity index (χ1) is 8.33. The standard InChI is InChI=1S/C13H19FN2O/c14-12-4-3-5-13(16-7-1-2-8-16)11(12)10-15-6-9-17/h3-5,15,17H,1-2,6-10H2. The Morgan fingerprint density at radius 2 is 2.06 bits per heavy atom. The smallest absolute Gasteiger partial charge is 0.129 e. The molecule has 1 aromatic carbocycles. The van der Waals surface area contributed by atoms with E-state index in [9.17, 15) is 4.39 Å². The normalized spacial score (nSPS) is 15.5. The van der Waals surface area contributed by atoms with Crippen LogP contribution in [-0.2, 0) is 6.54 Å². The van der Waals surface area contributed by atoms with Gasteiger partial charge in [-0.2, -0.15) is 0 Å². The molecule has 0 spiro atoms. The third-order valence-corrected chi connectivity index (χ3v) is 3.13. The minimum absolute atomic E-state index is 0.0769. The SMILES string of the molecule is OCCNCc1c(F)cccc1N1CCCC1. The molecule has 0 unspecified atom stereocenters. The van der Waals surface area contributed by atoms with E-state index in [0.717, 1.165) is 18.8 Å². The maximum absolute atomic E-state index is 13.8. The number of nitrogens with zero attached hydrogens (tertiary/aromatic N) is 1. The van der Waals surface area contributed by atoms with Gasteiger partial charge in [-0.3, -0.25) is 0 Å². The molecule has 0 atom stereocenters. The fourth-order valence-electron chi connectivity index (χ4n) is 2.27. The van der Waals surface area contributed by atoms with E-state index in [4.69, 9.17) is 5.11 Å². The van der Waals surface area contributed by atoms with Crippen LogP contribution in [0, 0.1) is 5.82 Å². The third-order valence-electron chi connectivity index (χ3n) is 3.13. The quantitative estimate of drug-likeness (QED) is 0.763. The van der Waals surface area contributed by atoms with Gasteiger partial charge in [0, 0.05) is 37.4 Å². The van der Waals surface area contributed by atoms with Crippen LogP contribution in [0.4, 0.5) is 10.1 Å². The van der Waals surface area contributed by atoms with E-state index in [0.29, 0.717) is 18.7 Å². The van der Waals surface area contributed by atoms with Crippen LogP contribution >= 0.6 is 0 Å². The minimum atomic E-state index is -0.167. The van der Waals surface area contributed by atoms with Crippen molar-refractivity contribution in [1.29, 1.82) is 0 Å². The number of benzene rings is 1. The number of anilines is 1. The van der Waals surface area contributed by atoms with Crippen molar-refractivity contribution in [1.82, 2.24) is 5.32 Å². The Morgan fingerprint density at radius 1 is 1.29 bits per heavy atom. The van der Waals surface area contributed by atoms with Crippen LogP contribution in [0.1, 0.15) is 18.4 Å². The maximum Gasteiger partial charge on any atom is 0.129 e. The molecule has 2 rings (SSSR count). The largest absolute Gasteiger partial charge is 0.395 e. The molecular weight excluding hydrogens is 219 g/mol. The lowest BCUT2D eigenvalue weighted by molar-refractivity contribution is 0.291. The zero-order valence-electron chi connectivity index (χ0n) is 9.95. The van der Waals surface area contributed by atoms with E-state index in [1.165, 1.54) is 18.9 Å². The van der Waals surface area contributed by atoms with Gasteiger partial charge < -0.3 is 15.3 Å². The lowest BCUT2D eigenvalue weighted by atomic mass is 10.1. The molecule has 1 saturated heterocycles. The van der Waals surface area contributed by atoms with Gasteiger partial charge in [0.05, 0.1) is 6.61 Å². The second kappa shape index (κ2) is 5.98. The minimum Gasteiger partial charge on any atom is -0.395 e. The topological polar surface area (TPSA) is 35.5 Å². The van der Waals surface area contributed by atoms with Gasteiger partial charge in [0.2, 0.25) is 0 Å². The number of aliphatic hydroxyl groups is 1. The molecule has 0 bridgehead atoms. The van der Waals surface area contributed by atoms with Gasteiger partial charge in [-0.05, 0) is 25.0 Å². The van der Waals surface area contributed by atoms with Crippen molar-refractivity contribution < 1.29 is 9.50 Å². The van der Waals surface area contributed by atoms with Gasteiger partial charge in [0.1, 0.15) is 5.82 Å². The van der Waals surface area contributed by atoms with Crippen LogP contribution in [0.2, 0.25) is 0 Å². The van der Waals surface area contributed by atoms with Gasteiger partial charge in [0.15, 0.2) is 0 Å². The molecule has 4 heteroatoms. The predicted octanol–water partition coefficient (Wildman–Crippen LogP) is 1.51. The Bertz CT molecular complexity index is 364. The number of rotatable bonds is 5. The Labute approximate surface area is 101 Å². The first kappa shape index (κ1) is 12.3. The molecule has 0 saturated carbocycles. The van der Waals surface area contributed by atoms with Crippen molar-refractivity contribution in [2.75, 3.05) is 31.1 Å². The third kappa shape index (κ3) is 2.96. The fraction of sp³-hybridized carbons (Fsp3) is 0.538. The van der Waals surface area contributed by atoms with E-state index in [1.807, 2.05) is 6.07 Å². The van der Waals surface area contributed by atoms with Crippen molar-refractivity contribution in [2.24, 2.45) is 0 Å². The molecule has 1 aliphatic rings. The second-order valence-electron chi connectivity index (χ2n) is 4.33. The Balaban J connectivity index is 2.15. The van der Waals surface area contributed by atoms with Gasteiger partial charge in [-0.1, -0.05) is 6.07 Å². The van der Waals surface area contributed by atoms with Crippen molar-refractivity contribution in [2.45, 2.75) is 19.4 Å². The molecule has 94 valence electrons. The molecule has 1 heterocycles. The molecule has 17 heavy (non-hydrogen) atoms. The van der Waals surface area contributed by atoms with E-state index < -0.39 is 0 Å². The van der Waals surface area contributed by atoms with Crippen molar-refractivity contribution in [3.8, 4) is 0 Å². The van der Waals surface area contributed by atoms with Crippen LogP contribution in [0.3, 0.4) is 0 Å². The van der Waals surface area contributed by atoms with Crippen molar-refractivity contribution in [3.05, 3.63) is 29.6 Å². The molecule has 0 amide bonds. The van der Waals surface area contributed by atoms with Crippen molar-refractivity contribution in [3.63, 3.8) is 0 Å². The van der Waals surface area contributed by atoms with Gasteiger partial charge in [-0.25, -0.2) is 4.39 Å². The van der Waals surface area contributed by atoms with E-state index in [2.05, 4.69) is 10.2 Å². The van der Waals surface area contributed by atoms with E-state index >= 15 is 0 Å². The van der Waals surface area contributed by atoms with Crippen LogP contribution in [0.15, 0.2) is 18.2 Å². The Morgan fingerprint density at radius 3 is 2.76 bits per heavy atom. The summed E-state index contributed by atoms with van der Waals surface area (Å²) >= 11 is 0. The molecule has 2 N–H and O–H groups in total. The highest BCUT2D eigenvalue weighted by Crippen LogP contribution is 2.26. The monoisotopic (exact) mass is 238 g/mol. The summed E-state index contributed by atoms with van der Waals surface area (Å²) in [5.41, 5.74) is 1.70. The van der Waals surface area contributed by atoms with Crippen LogP contribution in [0.5, 0.6) is 0 Å². The highest BCUT2D eigenvalue weighted by molar-refractivity contribution is 5.54. The van der Waals surface area contributed by atoms with Crippen LogP contribution < -0.4 is 10.2 Å². The average molecular weight is 238 g/mol. The molecule has 0 aromatic heterocycles. The zero-order chi connectivity index (χ0) is 12.1. The molecule has 0 aliphatic carbocycles. The molecule has 0 radical (unpaired) electrons. The molecular formula is C13H19FN2O. The summed E-state index contributed by atoms with van der Waals surface area (Å²) in [5.74, 6) is -0.167. The lowest BCUT2D eigenvalue weighted by Gasteiger charge is -2.22. The highest BCUT2D eigenvalue weighted by Gasteiger charge is 2.17. The maximum atomic E-state index is 13.8. The molecule has 1 aliphatic heterocycles. The average Bonchev–Trinajstić information content (AvgIpc) is 2.85. The number of aliphatic hydroxyl groups excluding tert-OH is 1. The van der Waals surface area contributed by atoms with Crippen LogP contribution in [0.25, 0.3) is 0 Å². The highest BCUT2D eigenvalue weighted by atomic mass is 19.1. The number of hydrogen-bond donors (Lipinski definition) is 2. The zero-order valence-corrected chi connectivity index (χ0v) is 9.95. The number of halogens is 1. The molecule has 1 aromatic rings. The molecule has 3 nitrogen and oxygen atoms in total. The van der Waals surface area contributed by atoms with Gasteiger partial charge in [0.25, 0.3) is 0 Å². The first-order valence-electron chi connectivity index (χ1n) is 6.17. The van der Waals surface area contributed by atoms with Crippen LogP contribution in [-0.4, -0.2) is 31.3 Å². The summed E-state index contributed by atoms with van der Waals surface area (Å²) in [6.07, 6.45) is 2.36. The summed E-state index contributed by atoms with van der Waals surface area (Å²) in [6, 6.07) is 5.23. The van der Waals surface area contributed by atoms with E-state index in [-0.39, 0.29) is 12.4 Å². The summed E-state index contributed by atoms with van der Waals surface area (Å²) in [7, 11) is 0. The summed E-state index contributed by atoms with van der Waals surface area (Å²) in [4.78, 5) is 2.24. The van der Waals surface area contributed by atoms with Gasteiger partial charge >= 0.3 is 0 Å². The summed E-state index contributed by atoms with van der Waals surface area (Å²) < 4.78 is 13.8. The Hall–Kier alpha value is -1.13.